The van der Waals surface area contributed by atoms with E-state index in [4.69, 9.17) is 0 Å². The molecule has 0 aliphatic rings. The molecule has 0 aliphatic heterocycles. The molecule has 16 heavy (non-hydrogen) atoms. The van der Waals surface area contributed by atoms with Crippen LogP contribution in [0.2, 0.25) is 22.8 Å². The SMILES string of the molecule is C[As](C)c1c(F)c(F)c([As](C)C)c(F)c1F. The third kappa shape index (κ3) is 2.33. The molecule has 0 fully saturated rings. The molecule has 0 nitrogen and oxygen atoms in total. The van der Waals surface area contributed by atoms with Crippen LogP contribution < -0.4 is 8.70 Å². The monoisotopic (exact) mass is 358 g/mol. The molecule has 1 rings (SSSR count). The van der Waals surface area contributed by atoms with Gasteiger partial charge < -0.3 is 0 Å². The Labute approximate surface area is 102 Å². The van der Waals surface area contributed by atoms with E-state index in [0.717, 1.165) is 0 Å². The van der Waals surface area contributed by atoms with E-state index in [1.807, 2.05) is 0 Å². The Kier molecular flexibility index (Phi) is 4.54. The molecular formula is C10H12As2F4. The zero-order valence-corrected chi connectivity index (χ0v) is 13.2. The van der Waals surface area contributed by atoms with Crippen LogP contribution in [0, 0.1) is 23.3 Å². The van der Waals surface area contributed by atoms with E-state index in [1.165, 1.54) is 0 Å². The van der Waals surface area contributed by atoms with Crippen LogP contribution in [0.25, 0.3) is 0 Å². The average Bonchev–Trinajstić information content (AvgIpc) is 2.14. The number of rotatable bonds is 2. The summed E-state index contributed by atoms with van der Waals surface area (Å²) in [4.78, 5) is 0. The van der Waals surface area contributed by atoms with Crippen molar-refractivity contribution in [2.75, 3.05) is 0 Å². The van der Waals surface area contributed by atoms with Crippen LogP contribution in [0.3, 0.4) is 0 Å². The van der Waals surface area contributed by atoms with Gasteiger partial charge in [0, 0.05) is 0 Å². The van der Waals surface area contributed by atoms with Crippen LogP contribution in [-0.2, 0) is 0 Å². The van der Waals surface area contributed by atoms with Gasteiger partial charge >= 0.3 is 102 Å². The van der Waals surface area contributed by atoms with Crippen molar-refractivity contribution >= 4 is 38.0 Å². The van der Waals surface area contributed by atoms with E-state index in [0.29, 0.717) is 0 Å². The quantitative estimate of drug-likeness (QED) is 0.432. The summed E-state index contributed by atoms with van der Waals surface area (Å²) in [6.45, 7) is 0. The fourth-order valence-corrected chi connectivity index (χ4v) is 5.51. The maximum absolute atomic E-state index is 13.6. The van der Waals surface area contributed by atoms with Gasteiger partial charge in [-0.15, -0.1) is 0 Å². The van der Waals surface area contributed by atoms with Crippen molar-refractivity contribution < 1.29 is 17.6 Å². The Balaban J connectivity index is 3.63. The Morgan fingerprint density at radius 3 is 0.875 bits per heavy atom. The van der Waals surface area contributed by atoms with Crippen LogP contribution in [0.1, 0.15) is 0 Å². The van der Waals surface area contributed by atoms with Crippen molar-refractivity contribution in [2.45, 2.75) is 22.8 Å². The molecule has 0 aliphatic carbocycles. The van der Waals surface area contributed by atoms with Crippen LogP contribution in [0.4, 0.5) is 17.6 Å². The first-order valence-corrected chi connectivity index (χ1v) is 13.9. The third-order valence-electron chi connectivity index (χ3n) is 2.11. The van der Waals surface area contributed by atoms with Crippen LogP contribution in [-0.4, -0.2) is 29.3 Å². The fourth-order valence-electron chi connectivity index (χ4n) is 1.39. The molecule has 0 spiro atoms. The van der Waals surface area contributed by atoms with Gasteiger partial charge in [0.15, 0.2) is 0 Å². The average molecular weight is 358 g/mol. The van der Waals surface area contributed by atoms with E-state index in [9.17, 15) is 17.6 Å². The zero-order chi connectivity index (χ0) is 12.6. The van der Waals surface area contributed by atoms with Crippen molar-refractivity contribution in [3.63, 3.8) is 0 Å². The summed E-state index contributed by atoms with van der Waals surface area (Å²) in [5.74, 6) is -4.71. The number of benzene rings is 1. The predicted octanol–water partition coefficient (Wildman–Crippen LogP) is 2.17. The molecule has 0 N–H and O–H groups in total. The van der Waals surface area contributed by atoms with Crippen LogP contribution >= 0.6 is 0 Å². The van der Waals surface area contributed by atoms with Crippen molar-refractivity contribution in [1.82, 2.24) is 0 Å². The Morgan fingerprint density at radius 1 is 0.562 bits per heavy atom. The molecule has 0 heterocycles. The second kappa shape index (κ2) is 5.14. The van der Waals surface area contributed by atoms with Gasteiger partial charge in [-0.2, -0.15) is 0 Å². The molecule has 90 valence electrons. The molecular weight excluding hydrogens is 346 g/mol. The van der Waals surface area contributed by atoms with Gasteiger partial charge in [-0.3, -0.25) is 0 Å². The van der Waals surface area contributed by atoms with Crippen molar-refractivity contribution in [3.8, 4) is 0 Å². The first kappa shape index (κ1) is 14.1. The van der Waals surface area contributed by atoms with Crippen molar-refractivity contribution in [2.24, 2.45) is 0 Å². The molecule has 0 atom stereocenters. The van der Waals surface area contributed by atoms with Gasteiger partial charge in [-0.05, 0) is 0 Å². The molecule has 0 amide bonds. The number of halogens is 4. The molecule has 0 aromatic heterocycles. The first-order valence-electron chi connectivity index (χ1n) is 4.49. The Hall–Kier alpha value is 0.0569. The Bertz CT molecular complexity index is 348. The van der Waals surface area contributed by atoms with Crippen LogP contribution in [0.5, 0.6) is 0 Å². The molecule has 6 heteroatoms. The van der Waals surface area contributed by atoms with E-state index in [2.05, 4.69) is 0 Å². The predicted molar refractivity (Wildman–Crippen MR) is 60.5 cm³/mol. The molecule has 1 aromatic rings. The van der Waals surface area contributed by atoms with Gasteiger partial charge in [-0.1, -0.05) is 0 Å². The van der Waals surface area contributed by atoms with E-state index in [1.54, 1.807) is 22.8 Å². The zero-order valence-electron chi connectivity index (χ0n) is 9.41. The van der Waals surface area contributed by atoms with Gasteiger partial charge in [0.2, 0.25) is 0 Å². The number of hydrogen-bond acceptors (Lipinski definition) is 0. The molecule has 1 aromatic carbocycles. The van der Waals surface area contributed by atoms with Crippen molar-refractivity contribution in [3.05, 3.63) is 23.3 Å². The molecule has 0 unspecified atom stereocenters. The standard InChI is InChI=1S/C10H12As2F4/c1-11(2)5-7(13)9(15)6(12(3)4)10(16)8(5)14/h1-4H3. The Morgan fingerprint density at radius 2 is 0.750 bits per heavy atom. The first-order chi connectivity index (χ1) is 7.29. The minimum atomic E-state index is -2.00. The topological polar surface area (TPSA) is 0 Å². The second-order valence-corrected chi connectivity index (χ2v) is 13.1. The summed E-state index contributed by atoms with van der Waals surface area (Å²) < 4.78 is 53.7. The summed E-state index contributed by atoms with van der Waals surface area (Å²) in [5, 5.41) is 0. The minimum absolute atomic E-state index is 0.359. The van der Waals surface area contributed by atoms with Gasteiger partial charge in [0.1, 0.15) is 0 Å². The molecule has 0 saturated carbocycles. The van der Waals surface area contributed by atoms with Crippen LogP contribution in [0.15, 0.2) is 0 Å². The molecule has 0 saturated heterocycles. The fraction of sp³-hybridized carbons (Fsp3) is 0.400. The van der Waals surface area contributed by atoms with E-state index >= 15 is 0 Å². The normalized spacial score (nSPS) is 11.6. The second-order valence-electron chi connectivity index (χ2n) is 3.74. The molecule has 0 bridgehead atoms. The van der Waals surface area contributed by atoms with E-state index in [-0.39, 0.29) is 8.70 Å². The molecule has 0 radical (unpaired) electrons. The number of hydrogen-bond donors (Lipinski definition) is 0. The maximum atomic E-state index is 13.6. The van der Waals surface area contributed by atoms with E-state index < -0.39 is 52.6 Å². The summed E-state index contributed by atoms with van der Waals surface area (Å²) in [7, 11) is 0. The van der Waals surface area contributed by atoms with Gasteiger partial charge in [0.05, 0.1) is 0 Å². The summed E-state index contributed by atoms with van der Waals surface area (Å²) >= 11 is -3.99. The third-order valence-corrected chi connectivity index (χ3v) is 7.51. The van der Waals surface area contributed by atoms with Crippen molar-refractivity contribution in [1.29, 1.82) is 0 Å². The summed E-state index contributed by atoms with van der Waals surface area (Å²) in [6.07, 6.45) is 0. The summed E-state index contributed by atoms with van der Waals surface area (Å²) in [5.41, 5.74) is 6.56. The van der Waals surface area contributed by atoms with Gasteiger partial charge in [0.25, 0.3) is 0 Å². The van der Waals surface area contributed by atoms with Gasteiger partial charge in [-0.25, -0.2) is 0 Å². The summed E-state index contributed by atoms with van der Waals surface area (Å²) in [6, 6.07) is 0.